The molecule has 4 fully saturated rings. The molecular formula is C35H39FN6O2. The highest BCUT2D eigenvalue weighted by molar-refractivity contribution is 6.04. The summed E-state index contributed by atoms with van der Waals surface area (Å²) in [5.74, 6) is 3.18. The fourth-order valence-electron chi connectivity index (χ4n) is 7.32. The van der Waals surface area contributed by atoms with Crippen LogP contribution < -0.4 is 15.0 Å². The number of ether oxygens (including phenoxy) is 1. The standard InChI is InChI=1S/C30H28FN5O2.C5H11N/c1-3-21-24(31)10-7-17-11-20(37)12-22(25(17)21)23-13-32-28-27(26(23)16-5-4-6-16)34-30(38-2)35-29(28)36-14-18-8-9-19(15-36)33-18;1-6-4-2-3-5-6/h1,7,10-13,16,18-19,33,37H,4-6,8-9,14-15H2,2H3;2-5H2,1H3. The van der Waals surface area contributed by atoms with Crippen molar-refractivity contribution in [3.8, 4) is 35.2 Å². The zero-order valence-corrected chi connectivity index (χ0v) is 25.4. The van der Waals surface area contributed by atoms with Gasteiger partial charge in [-0.15, -0.1) is 6.42 Å². The highest BCUT2D eigenvalue weighted by Gasteiger charge is 2.35. The Kier molecular flexibility index (Phi) is 7.73. The first kappa shape index (κ1) is 28.8. The molecule has 2 aromatic heterocycles. The Morgan fingerprint density at radius 2 is 1.75 bits per heavy atom. The molecule has 44 heavy (non-hydrogen) atoms. The van der Waals surface area contributed by atoms with Crippen LogP contribution in [0.25, 0.3) is 32.9 Å². The van der Waals surface area contributed by atoms with Gasteiger partial charge >= 0.3 is 6.01 Å². The molecule has 2 aromatic carbocycles. The molecule has 228 valence electrons. The summed E-state index contributed by atoms with van der Waals surface area (Å²) < 4.78 is 20.5. The lowest BCUT2D eigenvalue weighted by molar-refractivity contribution is 0.379. The number of anilines is 1. The van der Waals surface area contributed by atoms with Gasteiger partial charge in [0.25, 0.3) is 0 Å². The van der Waals surface area contributed by atoms with Crippen molar-refractivity contribution in [2.24, 2.45) is 0 Å². The molecule has 1 saturated carbocycles. The fraction of sp³-hybridized carbons (Fsp3) is 0.457. The predicted molar refractivity (Wildman–Crippen MR) is 172 cm³/mol. The second-order valence-electron chi connectivity index (χ2n) is 12.7. The minimum atomic E-state index is -0.467. The second-order valence-corrected chi connectivity index (χ2v) is 12.7. The molecule has 8 rings (SSSR count). The number of hydrogen-bond acceptors (Lipinski definition) is 8. The van der Waals surface area contributed by atoms with E-state index in [0.717, 1.165) is 73.2 Å². The molecular weight excluding hydrogens is 555 g/mol. The van der Waals surface area contributed by atoms with Crippen molar-refractivity contribution in [3.63, 3.8) is 0 Å². The van der Waals surface area contributed by atoms with Gasteiger partial charge in [-0.05, 0) is 99.3 Å². The maximum atomic E-state index is 14.9. The van der Waals surface area contributed by atoms with Crippen molar-refractivity contribution in [3.05, 3.63) is 47.4 Å². The molecule has 2 atom stereocenters. The van der Waals surface area contributed by atoms with E-state index < -0.39 is 5.82 Å². The SMILES string of the molecule is C#Cc1c(F)ccc2cc(O)cc(-c3cnc4c(N5CC6CCC(C5)N6)nc(OC)nc4c3C3CCC3)c12.CN1CCCC1. The Balaban J connectivity index is 0.000000468. The fourth-order valence-corrected chi connectivity index (χ4v) is 7.32. The normalized spacial score (nSPS) is 21.6. The van der Waals surface area contributed by atoms with Crippen molar-refractivity contribution in [2.45, 2.75) is 62.9 Å². The molecule has 4 aromatic rings. The molecule has 1 aliphatic carbocycles. The maximum absolute atomic E-state index is 14.9. The van der Waals surface area contributed by atoms with Crippen LogP contribution in [0, 0.1) is 18.2 Å². The van der Waals surface area contributed by atoms with Gasteiger partial charge in [-0.1, -0.05) is 18.4 Å². The number of nitrogens with one attached hydrogen (secondary N) is 1. The van der Waals surface area contributed by atoms with Crippen LogP contribution >= 0.6 is 0 Å². The summed E-state index contributed by atoms with van der Waals surface area (Å²) >= 11 is 0. The molecule has 0 spiro atoms. The summed E-state index contributed by atoms with van der Waals surface area (Å²) in [5.41, 5.74) is 4.15. The van der Waals surface area contributed by atoms with E-state index in [9.17, 15) is 9.50 Å². The highest BCUT2D eigenvalue weighted by atomic mass is 19.1. The van der Waals surface area contributed by atoms with Crippen LogP contribution in [0.5, 0.6) is 11.8 Å². The van der Waals surface area contributed by atoms with Gasteiger partial charge in [-0.2, -0.15) is 9.97 Å². The number of aromatic nitrogens is 3. The first-order chi connectivity index (χ1) is 21.4. The number of piperazine rings is 1. The summed E-state index contributed by atoms with van der Waals surface area (Å²) in [6, 6.07) is 7.43. The number of phenolic OH excluding ortho intramolecular Hbond substituents is 1. The Bertz CT molecular complexity index is 1750. The van der Waals surface area contributed by atoms with Crippen LogP contribution in [0.15, 0.2) is 30.5 Å². The van der Waals surface area contributed by atoms with Gasteiger partial charge < -0.3 is 25.0 Å². The minimum absolute atomic E-state index is 0.0824. The maximum Gasteiger partial charge on any atom is 0.318 e. The molecule has 2 N–H and O–H groups in total. The number of pyridine rings is 1. The van der Waals surface area contributed by atoms with E-state index in [1.165, 1.54) is 32.0 Å². The second kappa shape index (κ2) is 11.8. The predicted octanol–water partition coefficient (Wildman–Crippen LogP) is 5.60. The Morgan fingerprint density at radius 1 is 1.00 bits per heavy atom. The van der Waals surface area contributed by atoms with Crippen molar-refractivity contribution in [2.75, 3.05) is 45.2 Å². The number of benzene rings is 2. The van der Waals surface area contributed by atoms with Crippen molar-refractivity contribution in [1.82, 2.24) is 25.2 Å². The van der Waals surface area contributed by atoms with Crippen molar-refractivity contribution in [1.29, 1.82) is 0 Å². The van der Waals surface area contributed by atoms with Gasteiger partial charge in [-0.3, -0.25) is 4.98 Å². The molecule has 2 bridgehead atoms. The van der Waals surface area contributed by atoms with E-state index in [-0.39, 0.29) is 17.2 Å². The van der Waals surface area contributed by atoms with E-state index in [1.807, 2.05) is 6.20 Å². The first-order valence-electron chi connectivity index (χ1n) is 15.8. The minimum Gasteiger partial charge on any atom is -0.508 e. The summed E-state index contributed by atoms with van der Waals surface area (Å²) in [6.45, 7) is 4.35. The number of aromatic hydroxyl groups is 1. The third-order valence-corrected chi connectivity index (χ3v) is 9.74. The summed E-state index contributed by atoms with van der Waals surface area (Å²) in [5, 5.41) is 15.6. The van der Waals surface area contributed by atoms with Crippen LogP contribution in [-0.4, -0.2) is 77.4 Å². The number of likely N-dealkylation sites (tertiary alicyclic amines) is 1. The smallest absolute Gasteiger partial charge is 0.318 e. The van der Waals surface area contributed by atoms with E-state index in [1.54, 1.807) is 25.3 Å². The highest BCUT2D eigenvalue weighted by Crippen LogP contribution is 2.47. The number of fused-ring (bicyclic) bond motifs is 4. The summed E-state index contributed by atoms with van der Waals surface area (Å²) in [4.78, 5) is 19.2. The third-order valence-electron chi connectivity index (χ3n) is 9.74. The molecule has 3 aliphatic heterocycles. The monoisotopic (exact) mass is 594 g/mol. The number of nitrogens with zero attached hydrogens (tertiary/aromatic N) is 5. The van der Waals surface area contributed by atoms with Gasteiger partial charge in [0, 0.05) is 42.3 Å². The topological polar surface area (TPSA) is 86.6 Å². The average molecular weight is 595 g/mol. The lowest BCUT2D eigenvalue weighted by Gasteiger charge is -2.34. The van der Waals surface area contributed by atoms with Crippen molar-refractivity contribution < 1.29 is 14.2 Å². The van der Waals surface area contributed by atoms with Gasteiger partial charge in [-0.25, -0.2) is 4.39 Å². The summed E-state index contributed by atoms with van der Waals surface area (Å²) in [7, 11) is 3.75. The van der Waals surface area contributed by atoms with Gasteiger partial charge in [0.1, 0.15) is 22.6 Å². The molecule has 0 radical (unpaired) electrons. The van der Waals surface area contributed by atoms with Crippen LogP contribution in [0.3, 0.4) is 0 Å². The molecule has 5 heterocycles. The zero-order valence-electron chi connectivity index (χ0n) is 25.4. The molecule has 0 amide bonds. The van der Waals surface area contributed by atoms with Gasteiger partial charge in [0.2, 0.25) is 0 Å². The quantitative estimate of drug-likeness (QED) is 0.296. The number of halogens is 1. The number of methoxy groups -OCH3 is 1. The molecule has 8 nitrogen and oxygen atoms in total. The van der Waals surface area contributed by atoms with Crippen LogP contribution in [0.1, 0.15) is 62.0 Å². The van der Waals surface area contributed by atoms with Crippen LogP contribution in [-0.2, 0) is 0 Å². The molecule has 4 aliphatic rings. The molecule has 2 unspecified atom stereocenters. The number of terminal acetylenes is 1. The van der Waals surface area contributed by atoms with E-state index in [0.29, 0.717) is 34.4 Å². The Morgan fingerprint density at radius 3 is 2.36 bits per heavy atom. The first-order valence-corrected chi connectivity index (χ1v) is 15.8. The van der Waals surface area contributed by atoms with E-state index in [4.69, 9.17) is 26.1 Å². The Hall–Kier alpha value is -4.00. The lowest BCUT2D eigenvalue weighted by Crippen LogP contribution is -2.51. The number of rotatable bonds is 4. The average Bonchev–Trinajstić information content (AvgIpc) is 3.62. The third kappa shape index (κ3) is 5.20. The number of phenols is 1. The van der Waals surface area contributed by atoms with Crippen molar-refractivity contribution >= 4 is 27.6 Å². The van der Waals surface area contributed by atoms with Crippen LogP contribution in [0.4, 0.5) is 10.2 Å². The Labute approximate surface area is 257 Å². The largest absolute Gasteiger partial charge is 0.508 e. The number of hydrogen-bond donors (Lipinski definition) is 2. The zero-order chi connectivity index (χ0) is 30.4. The van der Waals surface area contributed by atoms with Gasteiger partial charge in [0.05, 0.1) is 12.7 Å². The van der Waals surface area contributed by atoms with Crippen LogP contribution in [0.2, 0.25) is 0 Å². The summed E-state index contributed by atoms with van der Waals surface area (Å²) in [6.07, 6.45) is 15.9. The molecule has 3 saturated heterocycles. The van der Waals surface area contributed by atoms with E-state index >= 15 is 0 Å². The van der Waals surface area contributed by atoms with Gasteiger partial charge in [0.15, 0.2) is 5.82 Å². The van der Waals surface area contributed by atoms with E-state index in [2.05, 4.69) is 28.1 Å². The molecule has 9 heteroatoms. The lowest BCUT2D eigenvalue weighted by atomic mass is 9.76.